The molecule has 0 amide bonds. The van der Waals surface area contributed by atoms with Crippen LogP contribution in [0.5, 0.6) is 0 Å². The molecule has 0 aliphatic carbocycles. The van der Waals surface area contributed by atoms with Crippen LogP contribution in [0, 0.1) is 5.92 Å². The molecule has 2 aromatic rings. The van der Waals surface area contributed by atoms with Crippen LogP contribution in [0.3, 0.4) is 0 Å². The lowest BCUT2D eigenvalue weighted by Crippen LogP contribution is -2.34. The summed E-state index contributed by atoms with van der Waals surface area (Å²) < 4.78 is 0. The number of piperidine rings is 1. The Morgan fingerprint density at radius 2 is 1.71 bits per heavy atom. The van der Waals surface area contributed by atoms with Gasteiger partial charge in [0.05, 0.1) is 6.54 Å². The number of rotatable bonds is 6. The molecule has 3 nitrogen and oxygen atoms in total. The van der Waals surface area contributed by atoms with Gasteiger partial charge in [-0.3, -0.25) is 4.79 Å². The summed E-state index contributed by atoms with van der Waals surface area (Å²) >= 11 is 0. The molecule has 1 N–H and O–H groups in total. The first-order valence-corrected chi connectivity index (χ1v) is 8.83. The molecule has 1 aliphatic rings. The Kier molecular flexibility index (Phi) is 5.65. The smallest absolute Gasteiger partial charge is 0.176 e. The Labute approximate surface area is 144 Å². The minimum atomic E-state index is 0.144. The number of carbonyl (C=O) groups is 1. The molecule has 3 rings (SSSR count). The summed E-state index contributed by atoms with van der Waals surface area (Å²) in [6, 6.07) is 18.9. The SMILES string of the molecule is CNCC(=O)c1ccc(N2CCC(Cc3ccccc3)CC2)cc1. The van der Waals surface area contributed by atoms with Crippen LogP contribution in [-0.2, 0) is 6.42 Å². The summed E-state index contributed by atoms with van der Waals surface area (Å²) in [5, 5.41) is 2.91. The van der Waals surface area contributed by atoms with Crippen LogP contribution in [0.1, 0.15) is 28.8 Å². The van der Waals surface area contributed by atoms with Crippen LogP contribution in [0.25, 0.3) is 0 Å². The van der Waals surface area contributed by atoms with Gasteiger partial charge in [0.25, 0.3) is 0 Å². The summed E-state index contributed by atoms with van der Waals surface area (Å²) in [7, 11) is 1.80. The number of benzene rings is 2. The molecule has 0 atom stereocenters. The third-order valence-corrected chi connectivity index (χ3v) is 4.87. The molecule has 0 unspecified atom stereocenters. The van der Waals surface area contributed by atoms with Crippen molar-refractivity contribution in [2.45, 2.75) is 19.3 Å². The van der Waals surface area contributed by atoms with Gasteiger partial charge in [0.1, 0.15) is 0 Å². The number of Topliss-reactive ketones (excluding diaryl/α,β-unsaturated/α-hetero) is 1. The Balaban J connectivity index is 1.54. The van der Waals surface area contributed by atoms with E-state index in [2.05, 4.69) is 52.7 Å². The Hall–Kier alpha value is -2.13. The van der Waals surface area contributed by atoms with Crippen LogP contribution in [0.4, 0.5) is 5.69 Å². The molecule has 1 aliphatic heterocycles. The summed E-state index contributed by atoms with van der Waals surface area (Å²) in [6.07, 6.45) is 3.65. The molecule has 1 heterocycles. The molecule has 0 spiro atoms. The van der Waals surface area contributed by atoms with Crippen molar-refractivity contribution < 1.29 is 4.79 Å². The number of ketones is 1. The highest BCUT2D eigenvalue weighted by Crippen LogP contribution is 2.26. The predicted molar refractivity (Wildman–Crippen MR) is 99.8 cm³/mol. The molecule has 3 heteroatoms. The second-order valence-corrected chi connectivity index (χ2v) is 6.62. The summed E-state index contributed by atoms with van der Waals surface area (Å²) in [5.74, 6) is 0.922. The van der Waals surface area contributed by atoms with E-state index >= 15 is 0 Å². The first kappa shape index (κ1) is 16.7. The van der Waals surface area contributed by atoms with Gasteiger partial charge < -0.3 is 10.2 Å². The van der Waals surface area contributed by atoms with Crippen LogP contribution >= 0.6 is 0 Å². The van der Waals surface area contributed by atoms with Crippen molar-refractivity contribution in [1.29, 1.82) is 0 Å². The molecular weight excluding hydrogens is 296 g/mol. The van der Waals surface area contributed by atoms with Gasteiger partial charge in [-0.25, -0.2) is 0 Å². The molecule has 24 heavy (non-hydrogen) atoms. The summed E-state index contributed by atoms with van der Waals surface area (Å²) in [6.45, 7) is 2.59. The number of hydrogen-bond donors (Lipinski definition) is 1. The molecular formula is C21H26N2O. The van der Waals surface area contributed by atoms with Gasteiger partial charge in [-0.2, -0.15) is 0 Å². The van der Waals surface area contributed by atoms with E-state index < -0.39 is 0 Å². The maximum Gasteiger partial charge on any atom is 0.176 e. The van der Waals surface area contributed by atoms with Gasteiger partial charge >= 0.3 is 0 Å². The van der Waals surface area contributed by atoms with E-state index in [1.165, 1.54) is 30.5 Å². The van der Waals surface area contributed by atoms with E-state index in [-0.39, 0.29) is 5.78 Å². The fraction of sp³-hybridized carbons (Fsp3) is 0.381. The van der Waals surface area contributed by atoms with E-state index in [0.717, 1.165) is 24.6 Å². The standard InChI is InChI=1S/C21H26N2O/c1-22-16-21(24)19-7-9-20(10-8-19)23-13-11-18(12-14-23)15-17-5-3-2-4-6-17/h2-10,18,22H,11-16H2,1H3. The second-order valence-electron chi connectivity index (χ2n) is 6.62. The van der Waals surface area contributed by atoms with E-state index in [1.807, 2.05) is 12.1 Å². The quantitative estimate of drug-likeness (QED) is 0.826. The topological polar surface area (TPSA) is 32.3 Å². The van der Waals surface area contributed by atoms with Crippen LogP contribution in [-0.4, -0.2) is 32.5 Å². The average Bonchev–Trinajstić information content (AvgIpc) is 2.64. The third kappa shape index (κ3) is 4.24. The lowest BCUT2D eigenvalue weighted by Gasteiger charge is -2.33. The van der Waals surface area contributed by atoms with Crippen molar-refractivity contribution in [1.82, 2.24) is 5.32 Å². The second kappa shape index (κ2) is 8.11. The minimum absolute atomic E-state index is 0.144. The first-order chi connectivity index (χ1) is 11.8. The zero-order valence-corrected chi connectivity index (χ0v) is 14.4. The Morgan fingerprint density at radius 3 is 2.33 bits per heavy atom. The number of nitrogens with zero attached hydrogens (tertiary/aromatic N) is 1. The van der Waals surface area contributed by atoms with Crippen LogP contribution < -0.4 is 10.2 Å². The van der Waals surface area contributed by atoms with Crippen molar-refractivity contribution in [2.24, 2.45) is 5.92 Å². The van der Waals surface area contributed by atoms with Crippen molar-refractivity contribution >= 4 is 11.5 Å². The molecule has 0 aromatic heterocycles. The number of nitrogens with one attached hydrogen (secondary N) is 1. The summed E-state index contributed by atoms with van der Waals surface area (Å²) in [5.41, 5.74) is 3.46. The van der Waals surface area contributed by atoms with Gasteiger partial charge in [0, 0.05) is 24.3 Å². The lowest BCUT2D eigenvalue weighted by atomic mass is 9.90. The van der Waals surface area contributed by atoms with E-state index in [1.54, 1.807) is 7.05 Å². The van der Waals surface area contributed by atoms with Crippen molar-refractivity contribution in [2.75, 3.05) is 31.6 Å². The minimum Gasteiger partial charge on any atom is -0.372 e. The Morgan fingerprint density at radius 1 is 1.04 bits per heavy atom. The van der Waals surface area contributed by atoms with Gasteiger partial charge in [-0.15, -0.1) is 0 Å². The zero-order valence-electron chi connectivity index (χ0n) is 14.4. The largest absolute Gasteiger partial charge is 0.372 e. The molecule has 0 saturated carbocycles. The lowest BCUT2D eigenvalue weighted by molar-refractivity contribution is 0.0993. The van der Waals surface area contributed by atoms with Crippen LogP contribution in [0.15, 0.2) is 54.6 Å². The van der Waals surface area contributed by atoms with Gasteiger partial charge in [-0.05, 0) is 62.1 Å². The molecule has 2 aromatic carbocycles. The molecule has 1 saturated heterocycles. The van der Waals surface area contributed by atoms with Crippen molar-refractivity contribution in [3.8, 4) is 0 Å². The predicted octanol–water partition coefficient (Wildman–Crippen LogP) is 3.55. The van der Waals surface area contributed by atoms with Gasteiger partial charge in [-0.1, -0.05) is 30.3 Å². The Bertz CT molecular complexity index is 643. The number of hydrogen-bond acceptors (Lipinski definition) is 3. The highest BCUT2D eigenvalue weighted by atomic mass is 16.1. The summed E-state index contributed by atoms with van der Waals surface area (Å²) in [4.78, 5) is 14.3. The molecule has 126 valence electrons. The monoisotopic (exact) mass is 322 g/mol. The molecule has 0 radical (unpaired) electrons. The van der Waals surface area contributed by atoms with Crippen LogP contribution in [0.2, 0.25) is 0 Å². The maximum atomic E-state index is 11.9. The average molecular weight is 322 g/mol. The number of carbonyl (C=O) groups excluding carboxylic acids is 1. The van der Waals surface area contributed by atoms with Gasteiger partial charge in [0.2, 0.25) is 0 Å². The first-order valence-electron chi connectivity index (χ1n) is 8.83. The van der Waals surface area contributed by atoms with E-state index in [9.17, 15) is 4.79 Å². The number of likely N-dealkylation sites (N-methyl/N-ethyl adjacent to an activating group) is 1. The maximum absolute atomic E-state index is 11.9. The van der Waals surface area contributed by atoms with Crippen molar-refractivity contribution in [3.05, 3.63) is 65.7 Å². The molecule has 1 fully saturated rings. The van der Waals surface area contributed by atoms with Crippen molar-refractivity contribution in [3.63, 3.8) is 0 Å². The van der Waals surface area contributed by atoms with Gasteiger partial charge in [0.15, 0.2) is 5.78 Å². The fourth-order valence-electron chi connectivity index (χ4n) is 3.46. The third-order valence-electron chi connectivity index (χ3n) is 4.87. The normalized spacial score (nSPS) is 15.5. The zero-order chi connectivity index (χ0) is 16.8. The highest BCUT2D eigenvalue weighted by molar-refractivity contribution is 5.97. The fourth-order valence-corrected chi connectivity index (χ4v) is 3.46. The highest BCUT2D eigenvalue weighted by Gasteiger charge is 2.19. The van der Waals surface area contributed by atoms with E-state index in [4.69, 9.17) is 0 Å². The number of anilines is 1. The van der Waals surface area contributed by atoms with E-state index in [0.29, 0.717) is 6.54 Å². The molecule has 0 bridgehead atoms.